The maximum Gasteiger partial charge on any atom is 0.239 e. The molecular weight excluding hydrogens is 446 g/mol. The van der Waals surface area contributed by atoms with Gasteiger partial charge in [0.15, 0.2) is 0 Å². The third-order valence-electron chi connectivity index (χ3n) is 8.70. The van der Waals surface area contributed by atoms with E-state index in [4.69, 9.17) is 0 Å². The molecule has 4 aromatic rings. The minimum absolute atomic E-state index is 0.244. The quantitative estimate of drug-likeness (QED) is 0.303. The number of anilines is 1. The lowest BCUT2D eigenvalue weighted by Gasteiger charge is -2.56. The molecule has 1 heterocycles. The summed E-state index contributed by atoms with van der Waals surface area (Å²) in [6.45, 7) is 2.06. The van der Waals surface area contributed by atoms with Crippen molar-refractivity contribution in [2.24, 2.45) is 11.8 Å². The Hall–Kier alpha value is -4.31. The first-order valence-corrected chi connectivity index (χ1v) is 12.2. The van der Waals surface area contributed by atoms with Gasteiger partial charge in [-0.25, -0.2) is 4.90 Å². The predicted octanol–water partition coefficient (Wildman–Crippen LogP) is 5.28. The highest BCUT2D eigenvalue weighted by Crippen LogP contribution is 2.66. The van der Waals surface area contributed by atoms with Crippen LogP contribution in [0.5, 0.6) is 0 Å². The smallest absolute Gasteiger partial charge is 0.239 e. The fraction of sp³-hybridized carbons (Fsp3) is 0.156. The van der Waals surface area contributed by atoms with Gasteiger partial charge < -0.3 is 4.79 Å². The molecule has 0 unspecified atom stereocenters. The molecule has 2 amide bonds. The lowest BCUT2D eigenvalue weighted by atomic mass is 9.42. The molecule has 4 heteroatoms. The van der Waals surface area contributed by atoms with Crippen LogP contribution in [0.1, 0.15) is 29.2 Å². The summed E-state index contributed by atoms with van der Waals surface area (Å²) in [7, 11) is 0. The van der Waals surface area contributed by atoms with Gasteiger partial charge in [-0.1, -0.05) is 104 Å². The Morgan fingerprint density at radius 2 is 1.14 bits per heavy atom. The molecule has 1 saturated heterocycles. The molecule has 4 aliphatic rings. The van der Waals surface area contributed by atoms with Crippen molar-refractivity contribution >= 4 is 23.8 Å². The molecule has 0 N–H and O–H groups in total. The van der Waals surface area contributed by atoms with Crippen LogP contribution in [0, 0.1) is 11.8 Å². The van der Waals surface area contributed by atoms with Crippen molar-refractivity contribution in [1.29, 1.82) is 0 Å². The molecule has 2 atom stereocenters. The van der Waals surface area contributed by atoms with Gasteiger partial charge in [-0.15, -0.1) is 0 Å². The van der Waals surface area contributed by atoms with Crippen LogP contribution in [0.15, 0.2) is 103 Å². The molecule has 1 aliphatic heterocycles. The summed E-state index contributed by atoms with van der Waals surface area (Å²) in [5.74, 6) is -2.04. The molecule has 8 rings (SSSR count). The summed E-state index contributed by atoms with van der Waals surface area (Å²) < 4.78 is 0. The Balaban J connectivity index is 1.51. The van der Waals surface area contributed by atoms with Gasteiger partial charge in [-0.05, 0) is 33.9 Å². The summed E-state index contributed by atoms with van der Waals surface area (Å²) in [5.41, 5.74) is 3.94. The Bertz CT molecular complexity index is 1540. The zero-order chi connectivity index (χ0) is 24.7. The van der Waals surface area contributed by atoms with E-state index in [1.54, 1.807) is 0 Å². The van der Waals surface area contributed by atoms with Gasteiger partial charge in [0.2, 0.25) is 11.8 Å². The standard InChI is InChI=1S/C32H23NO3/c1-31-22-14-6-8-16-24(22)32(19-34,25-17-9-7-15-23(25)31)28-27(31)29(35)33(30(28)36)26-18-10-5-13-21(26)20-11-3-2-4-12-20/h2-19,27-28H,1H3/t27-,28+,31?,32?/m0/s1. The first-order chi connectivity index (χ1) is 17.5. The van der Waals surface area contributed by atoms with Crippen molar-refractivity contribution in [2.75, 3.05) is 4.90 Å². The number of aldehydes is 1. The average Bonchev–Trinajstić information content (AvgIpc) is 3.21. The third kappa shape index (κ3) is 2.27. The number of carbonyl (C=O) groups excluding carboxylic acids is 3. The Labute approximate surface area is 209 Å². The van der Waals surface area contributed by atoms with Crippen molar-refractivity contribution in [1.82, 2.24) is 0 Å². The lowest BCUT2D eigenvalue weighted by Crippen LogP contribution is -2.61. The van der Waals surface area contributed by atoms with Crippen molar-refractivity contribution in [3.63, 3.8) is 0 Å². The van der Waals surface area contributed by atoms with Crippen LogP contribution in [0.4, 0.5) is 5.69 Å². The number of nitrogens with zero attached hydrogens (tertiary/aromatic N) is 1. The fourth-order valence-corrected chi connectivity index (χ4v) is 7.23. The number of benzene rings is 4. The normalized spacial score (nSPS) is 27.4. The minimum atomic E-state index is -1.21. The van der Waals surface area contributed by atoms with E-state index in [1.165, 1.54) is 4.90 Å². The van der Waals surface area contributed by atoms with Gasteiger partial charge in [-0.2, -0.15) is 0 Å². The number of imide groups is 1. The number of rotatable bonds is 3. The molecule has 4 nitrogen and oxygen atoms in total. The highest BCUT2D eigenvalue weighted by Gasteiger charge is 2.72. The Morgan fingerprint density at radius 3 is 1.75 bits per heavy atom. The van der Waals surface area contributed by atoms with Gasteiger partial charge in [-0.3, -0.25) is 9.59 Å². The van der Waals surface area contributed by atoms with E-state index in [1.807, 2.05) is 103 Å². The summed E-state index contributed by atoms with van der Waals surface area (Å²) in [5, 5.41) is 0. The van der Waals surface area contributed by atoms with Gasteiger partial charge in [0.05, 0.1) is 22.9 Å². The summed E-state index contributed by atoms with van der Waals surface area (Å²) in [4.78, 5) is 43.4. The van der Waals surface area contributed by atoms with Crippen LogP contribution in [0.3, 0.4) is 0 Å². The maximum absolute atomic E-state index is 14.4. The van der Waals surface area contributed by atoms with E-state index in [2.05, 4.69) is 6.92 Å². The number of para-hydroxylation sites is 1. The molecule has 0 aromatic heterocycles. The van der Waals surface area contributed by atoms with Gasteiger partial charge in [0.1, 0.15) is 6.29 Å². The fourth-order valence-electron chi connectivity index (χ4n) is 7.23. The predicted molar refractivity (Wildman–Crippen MR) is 138 cm³/mol. The summed E-state index contributed by atoms with van der Waals surface area (Å²) in [6.07, 6.45) is 0.916. The van der Waals surface area contributed by atoms with E-state index in [0.29, 0.717) is 5.69 Å². The van der Waals surface area contributed by atoms with E-state index in [-0.39, 0.29) is 11.8 Å². The van der Waals surface area contributed by atoms with Crippen molar-refractivity contribution in [3.8, 4) is 11.1 Å². The topological polar surface area (TPSA) is 54.5 Å². The van der Waals surface area contributed by atoms with Crippen LogP contribution < -0.4 is 4.90 Å². The molecule has 1 fully saturated rings. The molecule has 174 valence electrons. The average molecular weight is 470 g/mol. The molecule has 36 heavy (non-hydrogen) atoms. The lowest BCUT2D eigenvalue weighted by molar-refractivity contribution is -0.129. The Morgan fingerprint density at radius 1 is 0.639 bits per heavy atom. The second-order valence-electron chi connectivity index (χ2n) is 10.1. The van der Waals surface area contributed by atoms with E-state index < -0.39 is 22.7 Å². The van der Waals surface area contributed by atoms with Crippen LogP contribution >= 0.6 is 0 Å². The minimum Gasteiger partial charge on any atom is -0.302 e. The monoisotopic (exact) mass is 469 g/mol. The second kappa shape index (κ2) is 7.11. The van der Waals surface area contributed by atoms with Crippen molar-refractivity contribution < 1.29 is 14.4 Å². The SMILES string of the molecule is CC12c3ccccc3C(C=O)(c3ccccc31)[C@H]1C(=O)N(c3ccccc3-c3ccccc3)C(=O)[C@H]12. The van der Waals surface area contributed by atoms with Crippen LogP contribution in [-0.2, 0) is 25.2 Å². The molecule has 4 aromatic carbocycles. The van der Waals surface area contributed by atoms with Crippen LogP contribution in [0.25, 0.3) is 11.1 Å². The Kier molecular flexibility index (Phi) is 4.15. The van der Waals surface area contributed by atoms with E-state index in [0.717, 1.165) is 39.7 Å². The first kappa shape index (κ1) is 21.0. The molecule has 3 aliphatic carbocycles. The largest absolute Gasteiger partial charge is 0.302 e. The second-order valence-corrected chi connectivity index (χ2v) is 10.1. The first-order valence-electron chi connectivity index (χ1n) is 12.2. The van der Waals surface area contributed by atoms with Gasteiger partial charge in [0.25, 0.3) is 0 Å². The summed E-state index contributed by atoms with van der Waals surface area (Å²) in [6, 6.07) is 32.9. The van der Waals surface area contributed by atoms with E-state index in [9.17, 15) is 14.4 Å². The summed E-state index contributed by atoms with van der Waals surface area (Å²) >= 11 is 0. The van der Waals surface area contributed by atoms with Crippen molar-refractivity contribution in [3.05, 3.63) is 125 Å². The van der Waals surface area contributed by atoms with Crippen LogP contribution in [-0.4, -0.2) is 18.1 Å². The van der Waals surface area contributed by atoms with Gasteiger partial charge >= 0.3 is 0 Å². The van der Waals surface area contributed by atoms with Crippen LogP contribution in [0.2, 0.25) is 0 Å². The molecule has 0 saturated carbocycles. The van der Waals surface area contributed by atoms with E-state index >= 15 is 0 Å². The highest BCUT2D eigenvalue weighted by atomic mass is 16.2. The number of hydrogen-bond acceptors (Lipinski definition) is 3. The molecule has 0 spiro atoms. The highest BCUT2D eigenvalue weighted by molar-refractivity contribution is 6.26. The zero-order valence-electron chi connectivity index (χ0n) is 19.7. The number of amides is 2. The van der Waals surface area contributed by atoms with Gasteiger partial charge in [0, 0.05) is 11.0 Å². The number of hydrogen-bond donors (Lipinski definition) is 0. The zero-order valence-corrected chi connectivity index (χ0v) is 19.7. The molecule has 0 radical (unpaired) electrons. The molecular formula is C32H23NO3. The number of carbonyl (C=O) groups is 3. The third-order valence-corrected chi connectivity index (χ3v) is 8.70. The maximum atomic E-state index is 14.4. The van der Waals surface area contributed by atoms with Crippen molar-refractivity contribution in [2.45, 2.75) is 17.8 Å². The molecule has 2 bridgehead atoms.